The van der Waals surface area contributed by atoms with Crippen LogP contribution in [0.25, 0.3) is 0 Å². The first kappa shape index (κ1) is 14.4. The van der Waals surface area contributed by atoms with E-state index in [2.05, 4.69) is 5.32 Å². The molecular weight excluding hydrogens is 267 g/mol. The van der Waals surface area contributed by atoms with E-state index in [0.29, 0.717) is 18.7 Å². The Morgan fingerprint density at radius 1 is 1.47 bits per heavy atom. The van der Waals surface area contributed by atoms with Gasteiger partial charge in [-0.15, -0.1) is 0 Å². The van der Waals surface area contributed by atoms with E-state index in [0.717, 1.165) is 12.8 Å². The summed E-state index contributed by atoms with van der Waals surface area (Å²) in [5, 5.41) is 3.02. The fourth-order valence-electron chi connectivity index (χ4n) is 2.54. The molecule has 1 atom stereocenters. The molecule has 1 fully saturated rings. The number of hydrogen-bond donors (Lipinski definition) is 1. The first-order valence-electron chi connectivity index (χ1n) is 6.41. The molecule has 106 valence electrons. The van der Waals surface area contributed by atoms with Gasteiger partial charge in [-0.1, -0.05) is 12.1 Å². The number of rotatable bonds is 5. The monoisotopic (exact) mass is 286 g/mol. The van der Waals surface area contributed by atoms with Gasteiger partial charge in [0.15, 0.2) is 0 Å². The van der Waals surface area contributed by atoms with Gasteiger partial charge >= 0.3 is 0 Å². The minimum Gasteiger partial charge on any atom is -0.318 e. The van der Waals surface area contributed by atoms with Crippen LogP contribution in [0.1, 0.15) is 18.4 Å². The van der Waals surface area contributed by atoms with Crippen molar-refractivity contribution in [3.05, 3.63) is 35.6 Å². The minimum atomic E-state index is -3.37. The van der Waals surface area contributed by atoms with Crippen LogP contribution in [0.15, 0.2) is 24.3 Å². The molecule has 4 nitrogen and oxygen atoms in total. The standard InChI is InChI=1S/C13H19FN2O2S/c1-15-9-13-6-3-7-16(13)19(17,18)10-11-4-2-5-12(14)8-11/h2,4-5,8,13,15H,3,6-7,9-10H2,1H3/t13-/m1/s1. The molecule has 1 N–H and O–H groups in total. The fourth-order valence-corrected chi connectivity index (χ4v) is 4.34. The summed E-state index contributed by atoms with van der Waals surface area (Å²) in [5.41, 5.74) is 0.495. The molecule has 0 amide bonds. The predicted octanol–water partition coefficient (Wildman–Crippen LogP) is 1.34. The van der Waals surface area contributed by atoms with Crippen molar-refractivity contribution in [2.24, 2.45) is 0 Å². The first-order chi connectivity index (χ1) is 9.03. The van der Waals surface area contributed by atoms with Gasteiger partial charge in [0.05, 0.1) is 5.75 Å². The van der Waals surface area contributed by atoms with Crippen molar-refractivity contribution in [1.29, 1.82) is 0 Å². The van der Waals surface area contributed by atoms with Crippen LogP contribution < -0.4 is 5.32 Å². The number of nitrogens with one attached hydrogen (secondary N) is 1. The summed E-state index contributed by atoms with van der Waals surface area (Å²) in [6.45, 7) is 1.21. The van der Waals surface area contributed by atoms with Gasteiger partial charge in [-0.25, -0.2) is 12.8 Å². The lowest BCUT2D eigenvalue weighted by Crippen LogP contribution is -2.41. The molecule has 1 aliphatic heterocycles. The molecule has 2 rings (SSSR count). The fraction of sp³-hybridized carbons (Fsp3) is 0.538. The van der Waals surface area contributed by atoms with Crippen molar-refractivity contribution in [1.82, 2.24) is 9.62 Å². The van der Waals surface area contributed by atoms with Gasteiger partial charge in [0.2, 0.25) is 10.0 Å². The number of likely N-dealkylation sites (N-methyl/N-ethyl adjacent to an activating group) is 1. The Bertz CT molecular complexity index is 533. The highest BCUT2D eigenvalue weighted by molar-refractivity contribution is 7.88. The third-order valence-electron chi connectivity index (χ3n) is 3.36. The van der Waals surface area contributed by atoms with E-state index in [9.17, 15) is 12.8 Å². The Morgan fingerprint density at radius 2 is 2.26 bits per heavy atom. The summed E-state index contributed by atoms with van der Waals surface area (Å²) in [7, 11) is -1.56. The number of halogens is 1. The van der Waals surface area contributed by atoms with Crippen LogP contribution in [-0.4, -0.2) is 38.9 Å². The molecule has 1 saturated heterocycles. The second kappa shape index (κ2) is 5.98. The number of benzene rings is 1. The van der Waals surface area contributed by atoms with Gasteiger partial charge in [0.25, 0.3) is 0 Å². The van der Waals surface area contributed by atoms with Crippen molar-refractivity contribution in [2.45, 2.75) is 24.6 Å². The third-order valence-corrected chi connectivity index (χ3v) is 5.25. The molecule has 0 aromatic heterocycles. The highest BCUT2D eigenvalue weighted by Crippen LogP contribution is 2.23. The highest BCUT2D eigenvalue weighted by atomic mass is 32.2. The number of sulfonamides is 1. The topological polar surface area (TPSA) is 49.4 Å². The van der Waals surface area contributed by atoms with Gasteiger partial charge in [0, 0.05) is 19.1 Å². The Labute approximate surface area is 113 Å². The molecular formula is C13H19FN2O2S. The molecule has 6 heteroatoms. The van der Waals surface area contributed by atoms with Crippen LogP contribution in [0.4, 0.5) is 4.39 Å². The Balaban J connectivity index is 2.14. The lowest BCUT2D eigenvalue weighted by atomic mass is 10.2. The van der Waals surface area contributed by atoms with Crippen molar-refractivity contribution >= 4 is 10.0 Å². The molecule has 0 bridgehead atoms. The van der Waals surface area contributed by atoms with Crippen LogP contribution in [0.2, 0.25) is 0 Å². The van der Waals surface area contributed by atoms with E-state index in [1.807, 2.05) is 7.05 Å². The molecule has 1 aromatic rings. The van der Waals surface area contributed by atoms with E-state index in [4.69, 9.17) is 0 Å². The van der Waals surface area contributed by atoms with E-state index < -0.39 is 15.8 Å². The Hall–Kier alpha value is -0.980. The van der Waals surface area contributed by atoms with Crippen molar-refractivity contribution in [3.8, 4) is 0 Å². The first-order valence-corrected chi connectivity index (χ1v) is 8.02. The summed E-state index contributed by atoms with van der Waals surface area (Å²) >= 11 is 0. The van der Waals surface area contributed by atoms with E-state index in [-0.39, 0.29) is 11.8 Å². The van der Waals surface area contributed by atoms with Gasteiger partial charge in [-0.2, -0.15) is 4.31 Å². The third kappa shape index (κ3) is 3.52. The largest absolute Gasteiger partial charge is 0.318 e. The lowest BCUT2D eigenvalue weighted by Gasteiger charge is -2.23. The van der Waals surface area contributed by atoms with Crippen LogP contribution in [0.3, 0.4) is 0 Å². The molecule has 0 saturated carbocycles. The average Bonchev–Trinajstić information content (AvgIpc) is 2.78. The smallest absolute Gasteiger partial charge is 0.218 e. The zero-order valence-corrected chi connectivity index (χ0v) is 11.8. The second-order valence-corrected chi connectivity index (χ2v) is 6.77. The molecule has 1 aromatic carbocycles. The maximum atomic E-state index is 13.1. The predicted molar refractivity (Wildman–Crippen MR) is 72.7 cm³/mol. The lowest BCUT2D eigenvalue weighted by molar-refractivity contribution is 0.378. The van der Waals surface area contributed by atoms with Gasteiger partial charge in [-0.05, 0) is 37.6 Å². The highest BCUT2D eigenvalue weighted by Gasteiger charge is 2.33. The normalized spacial score (nSPS) is 20.8. The van der Waals surface area contributed by atoms with Crippen molar-refractivity contribution in [3.63, 3.8) is 0 Å². The zero-order chi connectivity index (χ0) is 13.9. The SMILES string of the molecule is CNC[C@H]1CCCN1S(=O)(=O)Cc1cccc(F)c1. The summed E-state index contributed by atoms with van der Waals surface area (Å²) in [5.74, 6) is -0.536. The maximum Gasteiger partial charge on any atom is 0.218 e. The molecule has 1 aliphatic rings. The van der Waals surface area contributed by atoms with Crippen molar-refractivity contribution < 1.29 is 12.8 Å². The summed E-state index contributed by atoms with van der Waals surface area (Å²) < 4.78 is 39.4. The summed E-state index contributed by atoms with van der Waals surface area (Å²) in [4.78, 5) is 0. The maximum absolute atomic E-state index is 13.1. The average molecular weight is 286 g/mol. The zero-order valence-electron chi connectivity index (χ0n) is 11.0. The number of hydrogen-bond acceptors (Lipinski definition) is 3. The van der Waals surface area contributed by atoms with Gasteiger partial charge in [-0.3, -0.25) is 0 Å². The van der Waals surface area contributed by atoms with E-state index >= 15 is 0 Å². The van der Waals surface area contributed by atoms with E-state index in [1.165, 1.54) is 18.2 Å². The van der Waals surface area contributed by atoms with Crippen molar-refractivity contribution in [2.75, 3.05) is 20.1 Å². The molecule has 19 heavy (non-hydrogen) atoms. The second-order valence-electron chi connectivity index (χ2n) is 4.85. The van der Waals surface area contributed by atoms with Crippen LogP contribution in [0, 0.1) is 5.82 Å². The van der Waals surface area contributed by atoms with Crippen LogP contribution >= 0.6 is 0 Å². The molecule has 0 radical (unpaired) electrons. The molecule has 0 spiro atoms. The number of nitrogens with zero attached hydrogens (tertiary/aromatic N) is 1. The van der Waals surface area contributed by atoms with Gasteiger partial charge < -0.3 is 5.32 Å². The van der Waals surface area contributed by atoms with Crippen LogP contribution in [0.5, 0.6) is 0 Å². The Morgan fingerprint density at radius 3 is 2.95 bits per heavy atom. The molecule has 1 heterocycles. The van der Waals surface area contributed by atoms with Crippen LogP contribution in [-0.2, 0) is 15.8 Å². The van der Waals surface area contributed by atoms with Gasteiger partial charge in [0.1, 0.15) is 5.82 Å². The Kier molecular flexibility index (Phi) is 4.54. The molecule has 0 aliphatic carbocycles. The minimum absolute atomic E-state index is 0.0172. The quantitative estimate of drug-likeness (QED) is 0.888. The van der Waals surface area contributed by atoms with E-state index in [1.54, 1.807) is 10.4 Å². The summed E-state index contributed by atoms with van der Waals surface area (Å²) in [6.07, 6.45) is 1.76. The summed E-state index contributed by atoms with van der Waals surface area (Å²) in [6, 6.07) is 5.79. The molecule has 0 unspecified atom stereocenters.